The van der Waals surface area contributed by atoms with Crippen molar-refractivity contribution in [1.82, 2.24) is 0 Å². The molecule has 0 spiro atoms. The van der Waals surface area contributed by atoms with Crippen LogP contribution in [0.15, 0.2) is 12.2 Å². The lowest BCUT2D eigenvalue weighted by molar-refractivity contribution is -0.423. The molecule has 0 aromatic heterocycles. The van der Waals surface area contributed by atoms with E-state index in [1.807, 2.05) is 0 Å². The maximum absolute atomic E-state index is 11.6. The van der Waals surface area contributed by atoms with Gasteiger partial charge in [-0.3, -0.25) is 4.79 Å². The average molecular weight is 355 g/mol. The van der Waals surface area contributed by atoms with Gasteiger partial charge in [-0.25, -0.2) is 9.78 Å². The van der Waals surface area contributed by atoms with E-state index in [0.29, 0.717) is 11.8 Å². The SMILES string of the molecule is CC/C=C/C(CC)CCC[C@@]1(CC)CC(CC)C(CC(=O)OC)OO1. The summed E-state index contributed by atoms with van der Waals surface area (Å²) in [6, 6.07) is 0. The van der Waals surface area contributed by atoms with Crippen molar-refractivity contribution in [3.63, 3.8) is 0 Å². The molecule has 0 amide bonds. The second kappa shape index (κ2) is 11.7. The Morgan fingerprint density at radius 1 is 1.32 bits per heavy atom. The van der Waals surface area contributed by atoms with Gasteiger partial charge in [-0.05, 0) is 56.8 Å². The number of hydrogen-bond donors (Lipinski definition) is 0. The summed E-state index contributed by atoms with van der Waals surface area (Å²) >= 11 is 0. The molecule has 3 unspecified atom stereocenters. The Balaban J connectivity index is 2.58. The second-order valence-electron chi connectivity index (χ2n) is 7.30. The highest BCUT2D eigenvalue weighted by Crippen LogP contribution is 2.40. The molecule has 1 aliphatic rings. The third-order valence-electron chi connectivity index (χ3n) is 5.65. The molecule has 146 valence electrons. The van der Waals surface area contributed by atoms with Crippen LogP contribution in [0.1, 0.15) is 85.5 Å². The lowest BCUT2D eigenvalue weighted by atomic mass is 9.79. The smallest absolute Gasteiger partial charge is 0.308 e. The number of esters is 1. The largest absolute Gasteiger partial charge is 0.469 e. The fourth-order valence-electron chi connectivity index (χ4n) is 3.72. The molecule has 25 heavy (non-hydrogen) atoms. The van der Waals surface area contributed by atoms with E-state index in [1.54, 1.807) is 0 Å². The Morgan fingerprint density at radius 3 is 2.64 bits per heavy atom. The fraction of sp³-hybridized carbons (Fsp3) is 0.857. The van der Waals surface area contributed by atoms with Gasteiger partial charge in [0, 0.05) is 0 Å². The summed E-state index contributed by atoms with van der Waals surface area (Å²) in [7, 11) is 1.42. The minimum Gasteiger partial charge on any atom is -0.469 e. The first kappa shape index (κ1) is 22.2. The first-order valence-electron chi connectivity index (χ1n) is 10.1. The number of carbonyl (C=O) groups excluding carboxylic acids is 1. The standard InChI is InChI=1S/C21H38O4/c1-6-10-12-17(7-2)13-11-14-21(9-4)16-18(8-3)19(24-25-21)15-20(22)23-5/h10,12,17-19H,6-9,11,13-16H2,1-5H3/b12-10+/t17?,18?,19?,21-/m0/s1. The van der Waals surface area contributed by atoms with Gasteiger partial charge >= 0.3 is 5.97 Å². The van der Waals surface area contributed by atoms with Gasteiger partial charge < -0.3 is 4.74 Å². The van der Waals surface area contributed by atoms with Crippen molar-refractivity contribution >= 4 is 5.97 Å². The zero-order chi connectivity index (χ0) is 18.7. The molecule has 0 aromatic rings. The van der Waals surface area contributed by atoms with Crippen LogP contribution in [0.2, 0.25) is 0 Å². The molecule has 0 aliphatic carbocycles. The summed E-state index contributed by atoms with van der Waals surface area (Å²) in [5.41, 5.74) is -0.208. The van der Waals surface area contributed by atoms with E-state index >= 15 is 0 Å². The molecule has 0 bridgehead atoms. The zero-order valence-electron chi connectivity index (χ0n) is 16.9. The van der Waals surface area contributed by atoms with Gasteiger partial charge in [0.15, 0.2) is 0 Å². The maximum atomic E-state index is 11.6. The second-order valence-corrected chi connectivity index (χ2v) is 7.30. The van der Waals surface area contributed by atoms with E-state index in [0.717, 1.165) is 38.5 Å². The number of rotatable bonds is 11. The fourth-order valence-corrected chi connectivity index (χ4v) is 3.72. The molecule has 1 saturated heterocycles. The molecule has 1 fully saturated rings. The number of methoxy groups -OCH3 is 1. The number of allylic oxidation sites excluding steroid dienone is 2. The number of carbonyl (C=O) groups is 1. The summed E-state index contributed by atoms with van der Waals surface area (Å²) in [5, 5.41) is 0. The van der Waals surface area contributed by atoms with Crippen LogP contribution in [0.25, 0.3) is 0 Å². The minimum atomic E-state index is -0.232. The first-order chi connectivity index (χ1) is 12.0. The van der Waals surface area contributed by atoms with Gasteiger partial charge in [0.05, 0.1) is 13.5 Å². The van der Waals surface area contributed by atoms with E-state index in [9.17, 15) is 4.79 Å². The molecule has 0 N–H and O–H groups in total. The molecule has 0 radical (unpaired) electrons. The van der Waals surface area contributed by atoms with E-state index in [2.05, 4.69) is 39.8 Å². The lowest BCUT2D eigenvalue weighted by Gasteiger charge is -2.42. The van der Waals surface area contributed by atoms with Crippen molar-refractivity contribution in [2.24, 2.45) is 11.8 Å². The van der Waals surface area contributed by atoms with E-state index in [1.165, 1.54) is 20.0 Å². The average Bonchev–Trinajstić information content (AvgIpc) is 2.65. The van der Waals surface area contributed by atoms with Crippen molar-refractivity contribution in [3.8, 4) is 0 Å². The summed E-state index contributed by atoms with van der Waals surface area (Å²) in [4.78, 5) is 23.1. The third-order valence-corrected chi connectivity index (χ3v) is 5.65. The molecule has 4 nitrogen and oxygen atoms in total. The molecule has 1 aliphatic heterocycles. The number of ether oxygens (including phenoxy) is 1. The van der Waals surface area contributed by atoms with Crippen molar-refractivity contribution in [2.75, 3.05) is 7.11 Å². The summed E-state index contributed by atoms with van der Waals surface area (Å²) in [5.74, 6) is 0.770. The van der Waals surface area contributed by atoms with Crippen LogP contribution in [-0.2, 0) is 19.3 Å². The molecular weight excluding hydrogens is 316 g/mol. The summed E-state index contributed by atoms with van der Waals surface area (Å²) in [6.07, 6.45) is 13.2. The van der Waals surface area contributed by atoms with Gasteiger partial charge in [0.2, 0.25) is 0 Å². The Kier molecular flexibility index (Phi) is 10.4. The highest BCUT2D eigenvalue weighted by atomic mass is 17.2. The van der Waals surface area contributed by atoms with Crippen LogP contribution in [0.4, 0.5) is 0 Å². The van der Waals surface area contributed by atoms with Gasteiger partial charge in [0.25, 0.3) is 0 Å². The van der Waals surface area contributed by atoms with Crippen LogP contribution in [-0.4, -0.2) is 24.8 Å². The van der Waals surface area contributed by atoms with Gasteiger partial charge in [-0.1, -0.05) is 46.3 Å². The predicted molar refractivity (Wildman–Crippen MR) is 101 cm³/mol. The van der Waals surface area contributed by atoms with Crippen LogP contribution >= 0.6 is 0 Å². The molecule has 1 heterocycles. The highest BCUT2D eigenvalue weighted by molar-refractivity contribution is 5.69. The van der Waals surface area contributed by atoms with Crippen molar-refractivity contribution in [3.05, 3.63) is 12.2 Å². The van der Waals surface area contributed by atoms with Crippen LogP contribution in [0, 0.1) is 11.8 Å². The monoisotopic (exact) mass is 354 g/mol. The molecule has 4 heteroatoms. The summed E-state index contributed by atoms with van der Waals surface area (Å²) < 4.78 is 4.78. The van der Waals surface area contributed by atoms with Crippen LogP contribution in [0.3, 0.4) is 0 Å². The Hall–Kier alpha value is -0.870. The van der Waals surface area contributed by atoms with Crippen LogP contribution < -0.4 is 0 Å². The van der Waals surface area contributed by atoms with Crippen molar-refractivity contribution in [1.29, 1.82) is 0 Å². The molecule has 4 atom stereocenters. The summed E-state index contributed by atoms with van der Waals surface area (Å²) in [6.45, 7) is 8.76. The minimum absolute atomic E-state index is 0.187. The predicted octanol–water partition coefficient (Wildman–Crippen LogP) is 5.61. The van der Waals surface area contributed by atoms with Gasteiger partial charge in [0.1, 0.15) is 11.7 Å². The topological polar surface area (TPSA) is 44.8 Å². The Labute approximate surface area is 154 Å². The van der Waals surface area contributed by atoms with Gasteiger partial charge in [-0.2, -0.15) is 0 Å². The third kappa shape index (κ3) is 7.10. The zero-order valence-corrected chi connectivity index (χ0v) is 16.9. The molecule has 0 saturated carbocycles. The maximum Gasteiger partial charge on any atom is 0.308 e. The van der Waals surface area contributed by atoms with Crippen molar-refractivity contribution in [2.45, 2.75) is 97.2 Å². The molecule has 0 aromatic carbocycles. The quantitative estimate of drug-likeness (QED) is 0.275. The highest BCUT2D eigenvalue weighted by Gasteiger charge is 2.42. The Bertz CT molecular complexity index is 407. The molecule has 1 rings (SSSR count). The van der Waals surface area contributed by atoms with E-state index in [4.69, 9.17) is 14.5 Å². The van der Waals surface area contributed by atoms with E-state index < -0.39 is 0 Å². The van der Waals surface area contributed by atoms with Crippen LogP contribution in [0.5, 0.6) is 0 Å². The van der Waals surface area contributed by atoms with Crippen molar-refractivity contribution < 1.29 is 19.3 Å². The molecular formula is C21H38O4. The lowest BCUT2D eigenvalue weighted by Crippen LogP contribution is -2.45. The van der Waals surface area contributed by atoms with Gasteiger partial charge in [-0.15, -0.1) is 0 Å². The number of hydrogen-bond acceptors (Lipinski definition) is 4. The normalized spacial score (nSPS) is 28.2. The van der Waals surface area contributed by atoms with E-state index in [-0.39, 0.29) is 24.1 Å². The first-order valence-corrected chi connectivity index (χ1v) is 10.1. The Morgan fingerprint density at radius 2 is 2.08 bits per heavy atom.